The predicted octanol–water partition coefficient (Wildman–Crippen LogP) is 2.52. The monoisotopic (exact) mass is 348 g/mol. The van der Waals surface area contributed by atoms with E-state index in [2.05, 4.69) is 0 Å². The number of hydrogen-bond donors (Lipinski definition) is 1. The van der Waals surface area contributed by atoms with Crippen LogP contribution in [0.25, 0.3) is 6.08 Å². The summed E-state index contributed by atoms with van der Waals surface area (Å²) in [7, 11) is 0. The van der Waals surface area contributed by atoms with Gasteiger partial charge in [-0.1, -0.05) is 36.4 Å². The molecule has 1 aromatic carbocycles. The predicted molar refractivity (Wildman–Crippen MR) is 93.8 cm³/mol. The van der Waals surface area contributed by atoms with E-state index in [0.29, 0.717) is 17.3 Å². The highest BCUT2D eigenvalue weighted by Gasteiger charge is 2.50. The molecule has 1 aromatic rings. The molecule has 2 heterocycles. The van der Waals surface area contributed by atoms with Gasteiger partial charge in [-0.05, 0) is 16.7 Å². The molecule has 0 unspecified atom stereocenters. The van der Waals surface area contributed by atoms with Crippen LogP contribution >= 0.6 is 23.4 Å². The van der Waals surface area contributed by atoms with Crippen molar-refractivity contribution in [2.24, 2.45) is 5.73 Å². The van der Waals surface area contributed by atoms with Crippen LogP contribution in [0.1, 0.15) is 18.1 Å². The Morgan fingerprint density at radius 1 is 1.39 bits per heavy atom. The number of carbonyl (C=O) groups is 2. The van der Waals surface area contributed by atoms with E-state index in [4.69, 9.17) is 17.3 Å². The summed E-state index contributed by atoms with van der Waals surface area (Å²) in [6, 6.07) is 7.40. The molecule has 2 N–H and O–H groups in total. The summed E-state index contributed by atoms with van der Waals surface area (Å²) >= 11 is 7.38. The minimum atomic E-state index is -0.497. The summed E-state index contributed by atoms with van der Waals surface area (Å²) in [5.74, 6) is 0.879. The molecule has 0 bridgehead atoms. The number of alkyl halides is 1. The third-order valence-corrected chi connectivity index (χ3v) is 5.62. The summed E-state index contributed by atoms with van der Waals surface area (Å²) in [5, 5.41) is -0.110. The van der Waals surface area contributed by atoms with Crippen molar-refractivity contribution >= 4 is 41.1 Å². The van der Waals surface area contributed by atoms with Crippen molar-refractivity contribution in [1.82, 2.24) is 4.90 Å². The number of nitrogens with zero attached hydrogens (tertiary/aromatic N) is 1. The number of thioether (sulfide) groups is 1. The van der Waals surface area contributed by atoms with E-state index in [1.165, 1.54) is 11.8 Å². The fourth-order valence-corrected chi connectivity index (χ4v) is 4.18. The van der Waals surface area contributed by atoms with E-state index < -0.39 is 6.04 Å². The van der Waals surface area contributed by atoms with Crippen molar-refractivity contribution in [3.05, 3.63) is 52.7 Å². The summed E-state index contributed by atoms with van der Waals surface area (Å²) in [6.45, 7) is 1.49. The number of halogens is 1. The third kappa shape index (κ3) is 2.96. The molecule has 6 heteroatoms. The van der Waals surface area contributed by atoms with Crippen LogP contribution in [0.2, 0.25) is 0 Å². The standard InChI is InChI=1S/C17H17ClN2O2S/c1-10(21)15-13(9-23-17-14(19)16(22)20(15)17)7-6-11-2-4-12(8-18)5-3-11/h2-7,14,17H,8-9,19H2,1H3/t14-,17-/m1/s1. The van der Waals surface area contributed by atoms with E-state index in [9.17, 15) is 9.59 Å². The maximum Gasteiger partial charge on any atom is 0.248 e. The Kier molecular flexibility index (Phi) is 4.62. The largest absolute Gasteiger partial charge is 0.317 e. The van der Waals surface area contributed by atoms with E-state index in [1.807, 2.05) is 36.4 Å². The average molecular weight is 349 g/mol. The summed E-state index contributed by atoms with van der Waals surface area (Å²) in [6.07, 6.45) is 3.86. The molecule has 23 heavy (non-hydrogen) atoms. The zero-order valence-corrected chi connectivity index (χ0v) is 14.2. The maximum absolute atomic E-state index is 12.0. The highest BCUT2D eigenvalue weighted by molar-refractivity contribution is 8.00. The van der Waals surface area contributed by atoms with Crippen LogP contribution in [-0.2, 0) is 15.5 Å². The van der Waals surface area contributed by atoms with E-state index in [0.717, 1.165) is 16.7 Å². The van der Waals surface area contributed by atoms with Gasteiger partial charge in [0.25, 0.3) is 0 Å². The number of hydrogen-bond acceptors (Lipinski definition) is 4. The number of amides is 1. The smallest absolute Gasteiger partial charge is 0.248 e. The number of Topliss-reactive ketones (excluding diaryl/α,β-unsaturated/α-hetero) is 1. The molecule has 1 saturated heterocycles. The Balaban J connectivity index is 1.88. The second-order valence-electron chi connectivity index (χ2n) is 5.57. The lowest BCUT2D eigenvalue weighted by molar-refractivity contribution is -0.143. The first-order valence-electron chi connectivity index (χ1n) is 7.30. The minimum absolute atomic E-state index is 0.104. The normalized spacial score (nSPS) is 24.0. The second kappa shape index (κ2) is 6.51. The molecule has 3 rings (SSSR count). The number of fused-ring (bicyclic) bond motifs is 1. The molecular formula is C17H17ClN2O2S. The van der Waals surface area contributed by atoms with Crippen LogP contribution in [0.15, 0.2) is 41.6 Å². The molecule has 0 radical (unpaired) electrons. The summed E-state index contributed by atoms with van der Waals surface area (Å²) in [4.78, 5) is 25.5. The first kappa shape index (κ1) is 16.3. The molecule has 0 spiro atoms. The number of ketones is 1. The number of nitrogens with two attached hydrogens (primary N) is 1. The first-order valence-corrected chi connectivity index (χ1v) is 8.88. The van der Waals surface area contributed by atoms with Crippen molar-refractivity contribution in [3.63, 3.8) is 0 Å². The number of benzene rings is 1. The van der Waals surface area contributed by atoms with E-state index >= 15 is 0 Å². The highest BCUT2D eigenvalue weighted by atomic mass is 35.5. The molecule has 1 fully saturated rings. The van der Waals surface area contributed by atoms with Crippen LogP contribution < -0.4 is 5.73 Å². The van der Waals surface area contributed by atoms with Crippen LogP contribution in [0.4, 0.5) is 0 Å². The quantitative estimate of drug-likeness (QED) is 0.671. The second-order valence-corrected chi connectivity index (χ2v) is 6.95. The number of carbonyl (C=O) groups excluding carboxylic acids is 2. The van der Waals surface area contributed by atoms with Gasteiger partial charge in [-0.3, -0.25) is 14.5 Å². The Labute approximate surface area is 144 Å². The van der Waals surface area contributed by atoms with Crippen molar-refractivity contribution in [1.29, 1.82) is 0 Å². The molecule has 120 valence electrons. The minimum Gasteiger partial charge on any atom is -0.317 e. The fraction of sp³-hybridized carbons (Fsp3) is 0.294. The van der Waals surface area contributed by atoms with Gasteiger partial charge < -0.3 is 5.73 Å². The van der Waals surface area contributed by atoms with E-state index in [-0.39, 0.29) is 17.1 Å². The van der Waals surface area contributed by atoms with E-state index in [1.54, 1.807) is 11.8 Å². The molecule has 1 amide bonds. The topological polar surface area (TPSA) is 63.4 Å². The van der Waals surface area contributed by atoms with Crippen molar-refractivity contribution < 1.29 is 9.59 Å². The van der Waals surface area contributed by atoms with Gasteiger partial charge in [0.2, 0.25) is 5.91 Å². The van der Waals surface area contributed by atoms with Gasteiger partial charge in [0.05, 0.1) is 5.70 Å². The Morgan fingerprint density at radius 3 is 2.70 bits per heavy atom. The highest BCUT2D eigenvalue weighted by Crippen LogP contribution is 2.40. The molecule has 2 atom stereocenters. The molecule has 0 aliphatic carbocycles. The van der Waals surface area contributed by atoms with Gasteiger partial charge in [0.15, 0.2) is 5.78 Å². The first-order chi connectivity index (χ1) is 11.0. The van der Waals surface area contributed by atoms with Crippen molar-refractivity contribution in [3.8, 4) is 0 Å². The molecule has 4 nitrogen and oxygen atoms in total. The molecule has 2 aliphatic heterocycles. The Hall–Kier alpha value is -1.56. The van der Waals surface area contributed by atoms with Crippen LogP contribution in [0.5, 0.6) is 0 Å². The number of rotatable bonds is 4. The van der Waals surface area contributed by atoms with Crippen LogP contribution in [0.3, 0.4) is 0 Å². The fourth-order valence-electron chi connectivity index (χ4n) is 2.74. The van der Waals surface area contributed by atoms with Gasteiger partial charge in [-0.15, -0.1) is 23.4 Å². The summed E-state index contributed by atoms with van der Waals surface area (Å²) in [5.41, 5.74) is 9.22. The average Bonchev–Trinajstić information content (AvgIpc) is 2.58. The third-order valence-electron chi connectivity index (χ3n) is 3.98. The molecule has 2 aliphatic rings. The van der Waals surface area contributed by atoms with Crippen molar-refractivity contribution in [2.75, 3.05) is 5.75 Å². The zero-order chi connectivity index (χ0) is 16.6. The Morgan fingerprint density at radius 2 is 2.09 bits per heavy atom. The van der Waals surface area contributed by atoms with Crippen LogP contribution in [0, 0.1) is 0 Å². The molecule has 0 saturated carbocycles. The lowest BCUT2D eigenvalue weighted by Crippen LogP contribution is -2.68. The Bertz CT molecular complexity index is 712. The molecular weight excluding hydrogens is 332 g/mol. The van der Waals surface area contributed by atoms with Gasteiger partial charge in [-0.2, -0.15) is 0 Å². The lowest BCUT2D eigenvalue weighted by atomic mass is 10.0. The number of β-lactam (4-membered cyclic amide) rings is 1. The van der Waals surface area contributed by atoms with Gasteiger partial charge >= 0.3 is 0 Å². The molecule has 0 aromatic heterocycles. The SMILES string of the molecule is CC(=O)C1=C(C=Cc2ccc(CCl)cc2)CS[C@@H]2[C@H](N)C(=O)N12. The zero-order valence-electron chi connectivity index (χ0n) is 12.7. The number of allylic oxidation sites excluding steroid dienone is 2. The summed E-state index contributed by atoms with van der Waals surface area (Å²) < 4.78 is 0. The van der Waals surface area contributed by atoms with Gasteiger partial charge in [0.1, 0.15) is 11.4 Å². The van der Waals surface area contributed by atoms with Gasteiger partial charge in [0, 0.05) is 18.6 Å². The lowest BCUT2D eigenvalue weighted by Gasteiger charge is -2.48. The maximum atomic E-state index is 12.0. The van der Waals surface area contributed by atoms with Crippen molar-refractivity contribution in [2.45, 2.75) is 24.2 Å². The van der Waals surface area contributed by atoms with Gasteiger partial charge in [-0.25, -0.2) is 0 Å². The van der Waals surface area contributed by atoms with Crippen LogP contribution in [-0.4, -0.2) is 33.8 Å².